The summed E-state index contributed by atoms with van der Waals surface area (Å²) in [7, 11) is 1.70. The molecule has 0 bridgehead atoms. The molecule has 0 amide bonds. The van der Waals surface area contributed by atoms with Crippen LogP contribution in [0.25, 0.3) is 11.0 Å². The lowest BCUT2D eigenvalue weighted by Crippen LogP contribution is -2.05. The van der Waals surface area contributed by atoms with Gasteiger partial charge < -0.3 is 10.1 Å². The molecule has 106 valence electrons. The molecule has 3 rings (SSSR count). The molecule has 0 unspecified atom stereocenters. The number of hydrogen-bond acceptors (Lipinski definition) is 4. The summed E-state index contributed by atoms with van der Waals surface area (Å²) < 4.78 is 5.21. The van der Waals surface area contributed by atoms with E-state index in [4.69, 9.17) is 4.74 Å². The summed E-state index contributed by atoms with van der Waals surface area (Å²) in [6, 6.07) is 16.0. The van der Waals surface area contributed by atoms with E-state index in [0.717, 1.165) is 28.0 Å². The van der Waals surface area contributed by atoms with E-state index in [1.54, 1.807) is 7.11 Å². The average Bonchev–Trinajstić information content (AvgIpc) is 2.54. The normalized spacial score (nSPS) is 10.7. The summed E-state index contributed by atoms with van der Waals surface area (Å²) in [5, 5.41) is 3.40. The topological polar surface area (TPSA) is 47.0 Å². The first kappa shape index (κ1) is 13.5. The van der Waals surface area contributed by atoms with Crippen molar-refractivity contribution in [1.82, 2.24) is 9.97 Å². The lowest BCUT2D eigenvalue weighted by molar-refractivity contribution is 0.185. The van der Waals surface area contributed by atoms with Gasteiger partial charge in [0.1, 0.15) is 0 Å². The van der Waals surface area contributed by atoms with Crippen molar-refractivity contribution in [2.24, 2.45) is 0 Å². The van der Waals surface area contributed by atoms with Gasteiger partial charge in [-0.3, -0.25) is 4.98 Å². The SMILES string of the molecule is COCc1ccccc1NCc1cnc2ccccc2n1. The fourth-order valence-corrected chi connectivity index (χ4v) is 2.24. The predicted molar refractivity (Wildman–Crippen MR) is 84.0 cm³/mol. The number of para-hydroxylation sites is 3. The van der Waals surface area contributed by atoms with Crippen LogP contribution in [-0.4, -0.2) is 17.1 Å². The van der Waals surface area contributed by atoms with Gasteiger partial charge in [0.2, 0.25) is 0 Å². The summed E-state index contributed by atoms with van der Waals surface area (Å²) in [6.07, 6.45) is 1.81. The first-order valence-corrected chi connectivity index (χ1v) is 6.88. The van der Waals surface area contributed by atoms with Gasteiger partial charge in [-0.05, 0) is 18.2 Å². The Hall–Kier alpha value is -2.46. The van der Waals surface area contributed by atoms with Crippen molar-refractivity contribution < 1.29 is 4.74 Å². The molecule has 1 N–H and O–H groups in total. The zero-order valence-electron chi connectivity index (χ0n) is 11.9. The maximum atomic E-state index is 5.21. The van der Waals surface area contributed by atoms with E-state index in [0.29, 0.717) is 13.2 Å². The number of fused-ring (bicyclic) bond motifs is 1. The number of ether oxygens (including phenoxy) is 1. The molecule has 21 heavy (non-hydrogen) atoms. The van der Waals surface area contributed by atoms with Gasteiger partial charge in [0.05, 0.1) is 36.1 Å². The van der Waals surface area contributed by atoms with Crippen LogP contribution in [0.1, 0.15) is 11.3 Å². The van der Waals surface area contributed by atoms with Crippen LogP contribution in [0.4, 0.5) is 5.69 Å². The standard InChI is InChI=1S/C17H17N3O/c1-21-12-13-6-2-3-7-15(13)18-10-14-11-19-16-8-4-5-9-17(16)20-14/h2-9,11,18H,10,12H2,1H3. The Morgan fingerprint density at radius 1 is 1.00 bits per heavy atom. The van der Waals surface area contributed by atoms with E-state index in [9.17, 15) is 0 Å². The fraction of sp³-hybridized carbons (Fsp3) is 0.176. The van der Waals surface area contributed by atoms with Crippen molar-refractivity contribution in [3.8, 4) is 0 Å². The van der Waals surface area contributed by atoms with E-state index >= 15 is 0 Å². The summed E-state index contributed by atoms with van der Waals surface area (Å²) >= 11 is 0. The van der Waals surface area contributed by atoms with Crippen LogP contribution in [0, 0.1) is 0 Å². The molecule has 0 aliphatic carbocycles. The first-order chi connectivity index (χ1) is 10.4. The Labute approximate surface area is 123 Å². The molecule has 0 saturated carbocycles. The number of aromatic nitrogens is 2. The molecule has 0 spiro atoms. The number of rotatable bonds is 5. The number of methoxy groups -OCH3 is 1. The fourth-order valence-electron chi connectivity index (χ4n) is 2.24. The average molecular weight is 279 g/mol. The minimum Gasteiger partial charge on any atom is -0.380 e. The number of nitrogens with zero attached hydrogens (tertiary/aromatic N) is 2. The van der Waals surface area contributed by atoms with Gasteiger partial charge in [0, 0.05) is 18.4 Å². The van der Waals surface area contributed by atoms with Crippen LogP contribution in [0.3, 0.4) is 0 Å². The molecule has 0 fully saturated rings. The largest absolute Gasteiger partial charge is 0.380 e. The van der Waals surface area contributed by atoms with Crippen LogP contribution < -0.4 is 5.32 Å². The third-order valence-electron chi connectivity index (χ3n) is 3.28. The van der Waals surface area contributed by atoms with Gasteiger partial charge in [0.15, 0.2) is 0 Å². The van der Waals surface area contributed by atoms with Gasteiger partial charge >= 0.3 is 0 Å². The molecule has 3 aromatic rings. The second-order valence-electron chi connectivity index (χ2n) is 4.79. The minimum absolute atomic E-state index is 0.590. The van der Waals surface area contributed by atoms with E-state index in [-0.39, 0.29) is 0 Å². The van der Waals surface area contributed by atoms with Gasteiger partial charge in [-0.1, -0.05) is 30.3 Å². The number of hydrogen-bond donors (Lipinski definition) is 1. The Kier molecular flexibility index (Phi) is 4.07. The molecule has 4 heteroatoms. The van der Waals surface area contributed by atoms with Crippen LogP contribution in [-0.2, 0) is 17.9 Å². The highest BCUT2D eigenvalue weighted by Crippen LogP contribution is 2.17. The first-order valence-electron chi connectivity index (χ1n) is 6.88. The zero-order valence-corrected chi connectivity index (χ0v) is 11.9. The van der Waals surface area contributed by atoms with Crippen LogP contribution in [0.15, 0.2) is 54.7 Å². The number of anilines is 1. The molecule has 0 aliphatic rings. The van der Waals surface area contributed by atoms with Crippen LogP contribution >= 0.6 is 0 Å². The summed E-state index contributed by atoms with van der Waals surface area (Å²) in [6.45, 7) is 1.23. The second kappa shape index (κ2) is 6.33. The third kappa shape index (κ3) is 3.17. The maximum Gasteiger partial charge on any atom is 0.0890 e. The van der Waals surface area contributed by atoms with E-state index in [1.807, 2.05) is 48.7 Å². The Morgan fingerprint density at radius 3 is 2.62 bits per heavy atom. The maximum absolute atomic E-state index is 5.21. The summed E-state index contributed by atoms with van der Waals surface area (Å²) in [4.78, 5) is 9.03. The Morgan fingerprint density at radius 2 is 1.76 bits per heavy atom. The number of nitrogens with one attached hydrogen (secondary N) is 1. The van der Waals surface area contributed by atoms with Gasteiger partial charge in [-0.2, -0.15) is 0 Å². The van der Waals surface area contributed by atoms with E-state index < -0.39 is 0 Å². The smallest absolute Gasteiger partial charge is 0.0890 e. The molecular formula is C17H17N3O. The lowest BCUT2D eigenvalue weighted by atomic mass is 10.2. The Balaban J connectivity index is 1.77. The monoisotopic (exact) mass is 279 g/mol. The summed E-state index contributed by atoms with van der Waals surface area (Å²) in [5.74, 6) is 0. The highest BCUT2D eigenvalue weighted by atomic mass is 16.5. The zero-order chi connectivity index (χ0) is 14.5. The second-order valence-corrected chi connectivity index (χ2v) is 4.79. The van der Waals surface area contributed by atoms with Crippen LogP contribution in [0.5, 0.6) is 0 Å². The van der Waals surface area contributed by atoms with Gasteiger partial charge in [-0.15, -0.1) is 0 Å². The van der Waals surface area contributed by atoms with Gasteiger partial charge in [0.25, 0.3) is 0 Å². The molecule has 1 heterocycles. The molecule has 1 aromatic heterocycles. The van der Waals surface area contributed by atoms with Crippen molar-refractivity contribution in [2.75, 3.05) is 12.4 Å². The van der Waals surface area contributed by atoms with E-state index in [1.165, 1.54) is 0 Å². The predicted octanol–water partition coefficient (Wildman–Crippen LogP) is 3.39. The minimum atomic E-state index is 0.590. The quantitative estimate of drug-likeness (QED) is 0.777. The van der Waals surface area contributed by atoms with Crippen molar-refractivity contribution >= 4 is 16.7 Å². The molecule has 0 saturated heterocycles. The highest BCUT2D eigenvalue weighted by Gasteiger charge is 2.03. The van der Waals surface area contributed by atoms with Crippen molar-refractivity contribution in [3.05, 3.63) is 66.0 Å². The van der Waals surface area contributed by atoms with Crippen molar-refractivity contribution in [2.45, 2.75) is 13.2 Å². The molecule has 0 atom stereocenters. The van der Waals surface area contributed by atoms with Crippen molar-refractivity contribution in [3.63, 3.8) is 0 Å². The molecule has 4 nitrogen and oxygen atoms in total. The Bertz CT molecular complexity index is 743. The van der Waals surface area contributed by atoms with Crippen molar-refractivity contribution in [1.29, 1.82) is 0 Å². The third-order valence-corrected chi connectivity index (χ3v) is 3.28. The molecule has 2 aromatic carbocycles. The van der Waals surface area contributed by atoms with Gasteiger partial charge in [-0.25, -0.2) is 4.98 Å². The molecular weight excluding hydrogens is 262 g/mol. The molecule has 0 radical (unpaired) electrons. The molecule has 0 aliphatic heterocycles. The van der Waals surface area contributed by atoms with E-state index in [2.05, 4.69) is 21.4 Å². The number of benzene rings is 2. The van der Waals surface area contributed by atoms with Crippen LogP contribution in [0.2, 0.25) is 0 Å². The highest BCUT2D eigenvalue weighted by molar-refractivity contribution is 5.73. The lowest BCUT2D eigenvalue weighted by Gasteiger charge is -2.11. The summed E-state index contributed by atoms with van der Waals surface area (Å²) in [5.41, 5.74) is 4.95.